The number of anilines is 1. The molecule has 5 nitrogen and oxygen atoms in total. The first-order chi connectivity index (χ1) is 14.5. The van der Waals surface area contributed by atoms with Crippen LogP contribution < -0.4 is 10.2 Å². The molecule has 1 aliphatic heterocycles. The fourth-order valence-electron chi connectivity index (χ4n) is 4.64. The Labute approximate surface area is 179 Å². The minimum Gasteiger partial charge on any atom is -0.369 e. The standard InChI is InChI=1S/C25H31N3O2/c1-18(25(30)26-24-9-5-7-21-6-3-4-8-23(21)24)27-14-16-28(17-15-27)22-12-10-20(11-13-22)19(2)29/h3-4,6,8,10-13,18,24H,5,7,9,14-17H2,1-2H3,(H,26,30)/t18-,24+/m1/s1. The van der Waals surface area contributed by atoms with Crippen molar-refractivity contribution in [1.29, 1.82) is 0 Å². The lowest BCUT2D eigenvalue weighted by atomic mass is 9.87. The van der Waals surface area contributed by atoms with Crippen LogP contribution in [0.3, 0.4) is 0 Å². The summed E-state index contributed by atoms with van der Waals surface area (Å²) in [5.74, 6) is 0.211. The molecule has 1 fully saturated rings. The molecule has 1 N–H and O–H groups in total. The van der Waals surface area contributed by atoms with Crippen LogP contribution in [0.1, 0.15) is 54.2 Å². The second kappa shape index (κ2) is 9.00. The Kier molecular flexibility index (Phi) is 6.18. The molecule has 1 amide bonds. The van der Waals surface area contributed by atoms with Crippen LogP contribution >= 0.6 is 0 Å². The summed E-state index contributed by atoms with van der Waals surface area (Å²) < 4.78 is 0. The normalized spacial score (nSPS) is 20.3. The van der Waals surface area contributed by atoms with Crippen molar-refractivity contribution in [2.45, 2.75) is 45.2 Å². The van der Waals surface area contributed by atoms with Crippen molar-refractivity contribution in [1.82, 2.24) is 10.2 Å². The van der Waals surface area contributed by atoms with E-state index >= 15 is 0 Å². The molecular formula is C25H31N3O2. The van der Waals surface area contributed by atoms with Gasteiger partial charge in [0.2, 0.25) is 5.91 Å². The van der Waals surface area contributed by atoms with Crippen LogP contribution in [0.4, 0.5) is 5.69 Å². The molecule has 158 valence electrons. The molecular weight excluding hydrogens is 374 g/mol. The van der Waals surface area contributed by atoms with Crippen LogP contribution in [-0.4, -0.2) is 48.8 Å². The highest BCUT2D eigenvalue weighted by Crippen LogP contribution is 2.29. The maximum atomic E-state index is 13.0. The van der Waals surface area contributed by atoms with Crippen LogP contribution in [0.25, 0.3) is 0 Å². The Morgan fingerprint density at radius 1 is 1.00 bits per heavy atom. The number of carbonyl (C=O) groups excluding carboxylic acids is 2. The van der Waals surface area contributed by atoms with E-state index in [1.165, 1.54) is 11.1 Å². The summed E-state index contributed by atoms with van der Waals surface area (Å²) in [6, 6.07) is 16.3. The summed E-state index contributed by atoms with van der Waals surface area (Å²) in [5, 5.41) is 3.31. The number of amides is 1. The molecule has 0 radical (unpaired) electrons. The fourth-order valence-corrected chi connectivity index (χ4v) is 4.64. The topological polar surface area (TPSA) is 52.7 Å². The largest absolute Gasteiger partial charge is 0.369 e. The van der Waals surface area contributed by atoms with E-state index in [0.717, 1.165) is 56.7 Å². The van der Waals surface area contributed by atoms with Gasteiger partial charge in [-0.05, 0) is 68.5 Å². The SMILES string of the molecule is CC(=O)c1ccc(N2CCN([C@H](C)C(=O)N[C@H]3CCCc4ccccc43)CC2)cc1. The summed E-state index contributed by atoms with van der Waals surface area (Å²) in [6.07, 6.45) is 3.24. The van der Waals surface area contributed by atoms with Crippen molar-refractivity contribution in [2.24, 2.45) is 0 Å². The van der Waals surface area contributed by atoms with Gasteiger partial charge in [-0.25, -0.2) is 0 Å². The van der Waals surface area contributed by atoms with Gasteiger partial charge in [0.1, 0.15) is 0 Å². The van der Waals surface area contributed by atoms with Crippen LogP contribution in [0.15, 0.2) is 48.5 Å². The first-order valence-corrected chi connectivity index (χ1v) is 11.0. The van der Waals surface area contributed by atoms with Crippen LogP contribution in [0, 0.1) is 0 Å². The zero-order chi connectivity index (χ0) is 21.1. The van der Waals surface area contributed by atoms with E-state index in [2.05, 4.69) is 39.4 Å². The van der Waals surface area contributed by atoms with Gasteiger partial charge in [0.05, 0.1) is 12.1 Å². The smallest absolute Gasteiger partial charge is 0.237 e. The van der Waals surface area contributed by atoms with Crippen molar-refractivity contribution in [3.63, 3.8) is 0 Å². The summed E-state index contributed by atoms with van der Waals surface area (Å²) >= 11 is 0. The van der Waals surface area contributed by atoms with Gasteiger partial charge in [-0.15, -0.1) is 0 Å². The minimum absolute atomic E-state index is 0.0896. The number of fused-ring (bicyclic) bond motifs is 1. The van der Waals surface area contributed by atoms with E-state index in [4.69, 9.17) is 0 Å². The summed E-state index contributed by atoms with van der Waals surface area (Å²) in [4.78, 5) is 29.0. The number of benzene rings is 2. The van der Waals surface area contributed by atoms with Gasteiger partial charge in [0.15, 0.2) is 5.78 Å². The summed E-state index contributed by atoms with van der Waals surface area (Å²) in [6.45, 7) is 7.06. The Morgan fingerprint density at radius 2 is 1.70 bits per heavy atom. The number of piperazine rings is 1. The predicted octanol–water partition coefficient (Wildman–Crippen LogP) is 3.59. The van der Waals surface area contributed by atoms with E-state index in [1.807, 2.05) is 31.2 Å². The molecule has 2 aromatic carbocycles. The Hall–Kier alpha value is -2.66. The third kappa shape index (κ3) is 4.41. The maximum Gasteiger partial charge on any atom is 0.237 e. The van der Waals surface area contributed by atoms with Gasteiger partial charge in [0.25, 0.3) is 0 Å². The lowest BCUT2D eigenvalue weighted by Crippen LogP contribution is -2.54. The third-order valence-electron chi connectivity index (χ3n) is 6.57. The van der Waals surface area contributed by atoms with E-state index in [1.54, 1.807) is 6.92 Å². The van der Waals surface area contributed by atoms with Crippen LogP contribution in [-0.2, 0) is 11.2 Å². The quantitative estimate of drug-likeness (QED) is 0.773. The lowest BCUT2D eigenvalue weighted by molar-refractivity contribution is -0.126. The van der Waals surface area contributed by atoms with Gasteiger partial charge in [-0.3, -0.25) is 14.5 Å². The Bertz CT molecular complexity index is 901. The van der Waals surface area contributed by atoms with E-state index < -0.39 is 0 Å². The molecule has 2 aromatic rings. The molecule has 2 aliphatic rings. The zero-order valence-electron chi connectivity index (χ0n) is 17.9. The second-order valence-corrected chi connectivity index (χ2v) is 8.45. The van der Waals surface area contributed by atoms with E-state index in [9.17, 15) is 9.59 Å². The van der Waals surface area contributed by atoms with E-state index in [-0.39, 0.29) is 23.8 Å². The molecule has 5 heteroatoms. The number of rotatable bonds is 5. The lowest BCUT2D eigenvalue weighted by Gasteiger charge is -2.39. The number of nitrogens with zero attached hydrogens (tertiary/aromatic N) is 2. The number of aryl methyl sites for hydroxylation is 1. The highest BCUT2D eigenvalue weighted by atomic mass is 16.2. The Morgan fingerprint density at radius 3 is 2.40 bits per heavy atom. The number of ketones is 1. The maximum absolute atomic E-state index is 13.0. The molecule has 0 aromatic heterocycles. The van der Waals surface area contributed by atoms with Crippen molar-refractivity contribution in [3.8, 4) is 0 Å². The first-order valence-electron chi connectivity index (χ1n) is 11.0. The number of nitrogens with one attached hydrogen (secondary N) is 1. The van der Waals surface area contributed by atoms with Gasteiger partial charge < -0.3 is 10.2 Å². The highest BCUT2D eigenvalue weighted by molar-refractivity contribution is 5.94. The Balaban J connectivity index is 1.32. The minimum atomic E-state index is -0.138. The molecule has 1 saturated heterocycles. The molecule has 0 bridgehead atoms. The van der Waals surface area contributed by atoms with Crippen LogP contribution in [0.5, 0.6) is 0 Å². The molecule has 4 rings (SSSR count). The van der Waals surface area contributed by atoms with Gasteiger partial charge >= 0.3 is 0 Å². The van der Waals surface area contributed by atoms with Crippen molar-refractivity contribution >= 4 is 17.4 Å². The fraction of sp³-hybridized carbons (Fsp3) is 0.440. The van der Waals surface area contributed by atoms with Crippen LogP contribution in [0.2, 0.25) is 0 Å². The van der Waals surface area contributed by atoms with Gasteiger partial charge in [0, 0.05) is 37.4 Å². The molecule has 1 heterocycles. The average Bonchev–Trinajstić information content (AvgIpc) is 2.79. The molecule has 0 saturated carbocycles. The molecule has 0 unspecified atom stereocenters. The summed E-state index contributed by atoms with van der Waals surface area (Å²) in [5.41, 5.74) is 4.52. The average molecular weight is 406 g/mol. The van der Waals surface area contributed by atoms with Gasteiger partial charge in [-0.2, -0.15) is 0 Å². The summed E-state index contributed by atoms with van der Waals surface area (Å²) in [7, 11) is 0. The third-order valence-corrected chi connectivity index (χ3v) is 6.57. The molecule has 0 spiro atoms. The molecule has 1 aliphatic carbocycles. The number of hydrogen-bond acceptors (Lipinski definition) is 4. The molecule has 2 atom stereocenters. The molecule has 30 heavy (non-hydrogen) atoms. The predicted molar refractivity (Wildman–Crippen MR) is 120 cm³/mol. The second-order valence-electron chi connectivity index (χ2n) is 8.45. The zero-order valence-corrected chi connectivity index (χ0v) is 17.9. The van der Waals surface area contributed by atoms with Crippen molar-refractivity contribution in [3.05, 3.63) is 65.2 Å². The van der Waals surface area contributed by atoms with Crippen molar-refractivity contribution < 1.29 is 9.59 Å². The number of hydrogen-bond donors (Lipinski definition) is 1. The highest BCUT2D eigenvalue weighted by Gasteiger charge is 2.28. The van der Waals surface area contributed by atoms with Crippen molar-refractivity contribution in [2.75, 3.05) is 31.1 Å². The van der Waals surface area contributed by atoms with Gasteiger partial charge in [-0.1, -0.05) is 24.3 Å². The monoisotopic (exact) mass is 405 g/mol. The first kappa shape index (κ1) is 20.6. The number of carbonyl (C=O) groups is 2. The van der Waals surface area contributed by atoms with E-state index in [0.29, 0.717) is 0 Å². The number of Topliss-reactive ketones (excluding diaryl/α,β-unsaturated/α-hetero) is 1.